The van der Waals surface area contributed by atoms with Crippen LogP contribution in [0.1, 0.15) is 68.6 Å². The maximum Gasteiger partial charge on any atom is 0.338 e. The van der Waals surface area contributed by atoms with Crippen molar-refractivity contribution >= 4 is 29.8 Å². The summed E-state index contributed by atoms with van der Waals surface area (Å²) in [5, 5.41) is 0. The zero-order chi connectivity index (χ0) is 29.2. The highest BCUT2D eigenvalue weighted by Crippen LogP contribution is 2.29. The van der Waals surface area contributed by atoms with E-state index in [1.807, 2.05) is 0 Å². The molecule has 0 bridgehead atoms. The maximum absolute atomic E-state index is 12.6. The van der Waals surface area contributed by atoms with Crippen molar-refractivity contribution in [2.45, 2.75) is 64.4 Å². The Hall–Kier alpha value is -3.56. The number of carbonyl (C=O) groups is 3. The third-order valence-corrected chi connectivity index (χ3v) is 6.22. The summed E-state index contributed by atoms with van der Waals surface area (Å²) in [6, 6.07) is 6.85. The Morgan fingerprint density at radius 3 is 2.23 bits per heavy atom. The predicted octanol–water partition coefficient (Wildman–Crippen LogP) is 6.69. The maximum atomic E-state index is 12.6. The zero-order valence-corrected chi connectivity index (χ0v) is 23.6. The number of unbranched alkanes of at least 4 members (excludes halogenated alkanes) is 3. The molecule has 10 heteroatoms. The average Bonchev–Trinajstić information content (AvgIpc) is 2.97. The third kappa shape index (κ3) is 12.5. The minimum atomic E-state index is -0.406. The number of benzene rings is 1. The van der Waals surface area contributed by atoms with E-state index in [0.717, 1.165) is 31.8 Å². The first-order valence-corrected chi connectivity index (χ1v) is 13.6. The number of halogens is 1. The van der Waals surface area contributed by atoms with Gasteiger partial charge in [0.1, 0.15) is 35.2 Å². The van der Waals surface area contributed by atoms with Crippen molar-refractivity contribution in [3.8, 4) is 5.75 Å². The molecule has 0 spiro atoms. The van der Waals surface area contributed by atoms with Crippen LogP contribution in [-0.4, -0.2) is 37.2 Å². The van der Waals surface area contributed by atoms with Gasteiger partial charge in [-0.2, -0.15) is 0 Å². The van der Waals surface area contributed by atoms with Crippen molar-refractivity contribution < 1.29 is 42.7 Å². The van der Waals surface area contributed by atoms with Crippen molar-refractivity contribution in [1.29, 1.82) is 0 Å². The van der Waals surface area contributed by atoms with E-state index < -0.39 is 11.9 Å². The van der Waals surface area contributed by atoms with E-state index in [1.165, 1.54) is 18.2 Å². The molecule has 9 nitrogen and oxygen atoms in total. The Balaban J connectivity index is 1.67. The Morgan fingerprint density at radius 1 is 0.925 bits per heavy atom. The second kappa shape index (κ2) is 18.7. The Morgan fingerprint density at radius 2 is 1.60 bits per heavy atom. The van der Waals surface area contributed by atoms with Crippen molar-refractivity contribution in [3.63, 3.8) is 0 Å². The molecule has 0 aliphatic heterocycles. The second-order valence-corrected chi connectivity index (χ2v) is 9.28. The van der Waals surface area contributed by atoms with Gasteiger partial charge in [0.2, 0.25) is 0 Å². The topological polar surface area (TPSA) is 107 Å². The monoisotopic (exact) mass is 576 g/mol. The Labute approximate surface area is 240 Å². The molecule has 2 rings (SSSR count). The van der Waals surface area contributed by atoms with Gasteiger partial charge in [0, 0.05) is 6.08 Å². The van der Waals surface area contributed by atoms with Gasteiger partial charge in [-0.05, 0) is 101 Å². The van der Waals surface area contributed by atoms with Gasteiger partial charge in [0.15, 0.2) is 0 Å². The molecule has 40 heavy (non-hydrogen) atoms. The van der Waals surface area contributed by atoms with Crippen molar-refractivity contribution in [1.82, 2.24) is 0 Å². The molecule has 1 aliphatic carbocycles. The fraction of sp³-hybridized carbons (Fsp3) is 0.433. The van der Waals surface area contributed by atoms with Gasteiger partial charge >= 0.3 is 17.9 Å². The quantitative estimate of drug-likeness (QED) is 0.0293. The van der Waals surface area contributed by atoms with Crippen LogP contribution in [0, 0.1) is 5.92 Å². The number of hydrogen-bond donors (Lipinski definition) is 0. The molecule has 0 aromatic heterocycles. The minimum Gasteiger partial charge on any atom is -0.494 e. The molecule has 0 heterocycles. The van der Waals surface area contributed by atoms with E-state index >= 15 is 0 Å². The van der Waals surface area contributed by atoms with Crippen molar-refractivity contribution in [2.75, 3.05) is 13.2 Å². The van der Waals surface area contributed by atoms with Gasteiger partial charge in [-0.1, -0.05) is 17.6 Å². The first-order chi connectivity index (χ1) is 19.4. The number of allylic oxidation sites excluding steroid dienone is 4. The molecular weight excluding hydrogens is 540 g/mol. The van der Waals surface area contributed by atoms with E-state index in [-0.39, 0.29) is 23.8 Å². The van der Waals surface area contributed by atoms with Crippen molar-refractivity contribution in [3.05, 3.63) is 78.8 Å². The van der Waals surface area contributed by atoms with Crippen LogP contribution in [0.2, 0.25) is 0 Å². The Kier molecular flexibility index (Phi) is 15.2. The largest absolute Gasteiger partial charge is 0.494 e. The van der Waals surface area contributed by atoms with Gasteiger partial charge in [-0.25, -0.2) is 9.59 Å². The average molecular weight is 577 g/mol. The van der Waals surface area contributed by atoms with Crippen LogP contribution in [0.15, 0.2) is 73.2 Å². The van der Waals surface area contributed by atoms with Gasteiger partial charge in [0.05, 0.1) is 24.7 Å². The number of carbonyl (C=O) groups excluding carboxylic acids is 3. The van der Waals surface area contributed by atoms with Gasteiger partial charge < -0.3 is 23.8 Å². The molecule has 1 aliphatic rings. The summed E-state index contributed by atoms with van der Waals surface area (Å²) in [6.07, 6.45) is 11.2. The van der Waals surface area contributed by atoms with Crippen LogP contribution < -0.4 is 4.74 Å². The van der Waals surface area contributed by atoms with E-state index in [4.69, 9.17) is 30.8 Å². The molecule has 0 radical (unpaired) electrons. The fourth-order valence-electron chi connectivity index (χ4n) is 3.92. The molecule has 0 saturated heterocycles. The second-order valence-electron chi connectivity index (χ2n) is 9.16. The summed E-state index contributed by atoms with van der Waals surface area (Å²) in [4.78, 5) is 40.8. The lowest BCUT2D eigenvalue weighted by atomic mass is 9.87. The summed E-state index contributed by atoms with van der Waals surface area (Å²) < 4.78 is 25.8. The van der Waals surface area contributed by atoms with Gasteiger partial charge in [0.25, 0.3) is 0 Å². The standard InChI is InChI=1S/C30H37ClO9/c1-4-25(15-10-22(3)39-40-31)37-29(33)24-13-18-27(19-14-24)38-30(34)23-11-16-26(17-12-23)35-20-8-6-7-9-21-36-28(32)5-2/h4-5,10-12,15-17,24,27H,1-2,6-9,13-14,18-21H2,3H3/b22-10+,25-15-. The van der Waals surface area contributed by atoms with Crippen molar-refractivity contribution in [2.24, 2.45) is 5.92 Å². The number of hydrogen-bond acceptors (Lipinski definition) is 9. The molecule has 0 amide bonds. The van der Waals surface area contributed by atoms with E-state index in [2.05, 4.69) is 22.5 Å². The predicted molar refractivity (Wildman–Crippen MR) is 149 cm³/mol. The normalized spacial score (nSPS) is 17.4. The number of rotatable bonds is 17. The van der Waals surface area contributed by atoms with Crippen LogP contribution in [0.25, 0.3) is 0 Å². The van der Waals surface area contributed by atoms with Crippen LogP contribution in [0.5, 0.6) is 5.75 Å². The molecule has 0 unspecified atom stereocenters. The SMILES string of the molecule is C=CC(=O)OCCCCCCOc1ccc(C(=O)OC2CCC(C(=O)O/C(C=C)=C\C=C(/C)OOCl)CC2)cc1. The lowest BCUT2D eigenvalue weighted by molar-refractivity contribution is -0.159. The highest BCUT2D eigenvalue weighted by molar-refractivity contribution is 6.06. The van der Waals surface area contributed by atoms with Gasteiger partial charge in [-0.3, -0.25) is 4.79 Å². The van der Waals surface area contributed by atoms with Gasteiger partial charge in [-0.15, -0.1) is 0 Å². The first kappa shape index (κ1) is 32.7. The summed E-state index contributed by atoms with van der Waals surface area (Å²) in [7, 11) is 0. The fourth-order valence-corrected chi connectivity index (χ4v) is 4.02. The van der Waals surface area contributed by atoms with Crippen LogP contribution in [0.4, 0.5) is 0 Å². The molecule has 1 saturated carbocycles. The summed E-state index contributed by atoms with van der Waals surface area (Å²) in [5.74, 6) is -0.150. The molecule has 1 aromatic rings. The van der Waals surface area contributed by atoms with Crippen LogP contribution in [-0.2, 0) is 33.1 Å². The van der Waals surface area contributed by atoms with E-state index in [9.17, 15) is 14.4 Å². The number of ether oxygens (including phenoxy) is 4. The van der Waals surface area contributed by atoms with E-state index in [1.54, 1.807) is 31.2 Å². The summed E-state index contributed by atoms with van der Waals surface area (Å²) in [5.41, 5.74) is 0.440. The number of esters is 3. The molecule has 0 N–H and O–H groups in total. The van der Waals surface area contributed by atoms with E-state index in [0.29, 0.717) is 56.0 Å². The zero-order valence-electron chi connectivity index (χ0n) is 22.8. The molecule has 0 atom stereocenters. The smallest absolute Gasteiger partial charge is 0.338 e. The Bertz CT molecular complexity index is 1040. The first-order valence-electron chi connectivity index (χ1n) is 13.3. The summed E-state index contributed by atoms with van der Waals surface area (Å²) >= 11 is 5.02. The molecule has 1 aromatic carbocycles. The highest BCUT2D eigenvalue weighted by Gasteiger charge is 2.30. The highest BCUT2D eigenvalue weighted by atomic mass is 35.5. The molecule has 1 fully saturated rings. The lowest BCUT2D eigenvalue weighted by Crippen LogP contribution is -2.28. The molecule has 218 valence electrons. The lowest BCUT2D eigenvalue weighted by Gasteiger charge is -2.27. The minimum absolute atomic E-state index is 0.263. The van der Waals surface area contributed by atoms with Crippen LogP contribution >= 0.6 is 11.9 Å². The summed E-state index contributed by atoms with van der Waals surface area (Å²) in [6.45, 7) is 9.57. The molecular formula is C30H37ClO9. The third-order valence-electron chi connectivity index (χ3n) is 6.15. The van der Waals surface area contributed by atoms with Crippen LogP contribution in [0.3, 0.4) is 0 Å².